The van der Waals surface area contributed by atoms with E-state index in [-0.39, 0.29) is 6.61 Å². The van der Waals surface area contributed by atoms with Crippen LogP contribution in [-0.2, 0) is 16.0 Å². The van der Waals surface area contributed by atoms with Crippen molar-refractivity contribution in [2.75, 3.05) is 19.9 Å². The van der Waals surface area contributed by atoms with Gasteiger partial charge in [-0.3, -0.25) is 4.79 Å². The Kier molecular flexibility index (Phi) is 6.67. The van der Waals surface area contributed by atoms with Crippen molar-refractivity contribution in [2.45, 2.75) is 25.8 Å². The van der Waals surface area contributed by atoms with Crippen LogP contribution in [0.1, 0.15) is 19.4 Å². The average Bonchev–Trinajstić information content (AvgIpc) is 2.39. The Labute approximate surface area is 132 Å². The second-order valence-electron chi connectivity index (χ2n) is 4.61. The number of esters is 1. The van der Waals surface area contributed by atoms with E-state index in [1.54, 1.807) is 26.0 Å². The molecule has 20 heavy (non-hydrogen) atoms. The fourth-order valence-corrected chi connectivity index (χ4v) is 2.22. The molecule has 0 amide bonds. The summed E-state index contributed by atoms with van der Waals surface area (Å²) in [5.41, 5.74) is 5.79. The molecule has 1 aromatic carbocycles. The van der Waals surface area contributed by atoms with Crippen molar-refractivity contribution in [3.8, 4) is 5.75 Å². The zero-order chi connectivity index (χ0) is 15.2. The van der Waals surface area contributed by atoms with Crippen LogP contribution >= 0.6 is 22.6 Å². The topological polar surface area (TPSA) is 61.5 Å². The van der Waals surface area contributed by atoms with E-state index < -0.39 is 18.2 Å². The molecule has 0 spiro atoms. The molecule has 112 valence electrons. The van der Waals surface area contributed by atoms with Crippen LogP contribution in [0, 0.1) is 3.57 Å². The molecule has 1 atom stereocenters. The van der Waals surface area contributed by atoms with Gasteiger partial charge in [-0.2, -0.15) is 0 Å². The van der Waals surface area contributed by atoms with Gasteiger partial charge < -0.3 is 15.2 Å². The lowest BCUT2D eigenvalue weighted by molar-refractivity contribution is -0.148. The first-order chi connectivity index (χ1) is 9.40. The lowest BCUT2D eigenvalue weighted by atomic mass is 9.94. The molecule has 6 heteroatoms. The molecule has 0 fully saturated rings. The Bertz CT molecular complexity index is 466. The Hall–Kier alpha value is -0.890. The zero-order valence-electron chi connectivity index (χ0n) is 11.6. The van der Waals surface area contributed by atoms with E-state index in [9.17, 15) is 9.18 Å². The Balaban J connectivity index is 2.87. The van der Waals surface area contributed by atoms with E-state index >= 15 is 0 Å². The fraction of sp³-hybridized carbons (Fsp3) is 0.500. The average molecular weight is 395 g/mol. The quantitative estimate of drug-likeness (QED) is 0.569. The number of halogens is 2. The summed E-state index contributed by atoms with van der Waals surface area (Å²) in [6, 6.07) is 5.39. The van der Waals surface area contributed by atoms with Gasteiger partial charge in [0.15, 0.2) is 0 Å². The molecular weight excluding hydrogens is 376 g/mol. The van der Waals surface area contributed by atoms with Crippen molar-refractivity contribution in [1.29, 1.82) is 0 Å². The SMILES string of the molecule is CCOC(=O)C(C)(N)Cc1cc(OCCF)ccc1I. The first kappa shape index (κ1) is 17.2. The lowest BCUT2D eigenvalue weighted by Crippen LogP contribution is -2.48. The molecule has 1 unspecified atom stereocenters. The molecule has 0 radical (unpaired) electrons. The van der Waals surface area contributed by atoms with Crippen LogP contribution in [0.25, 0.3) is 0 Å². The Morgan fingerprint density at radius 3 is 2.80 bits per heavy atom. The summed E-state index contributed by atoms with van der Waals surface area (Å²) in [4.78, 5) is 11.8. The number of carbonyl (C=O) groups excluding carboxylic acids is 1. The third-order valence-electron chi connectivity index (χ3n) is 2.66. The van der Waals surface area contributed by atoms with E-state index in [1.807, 2.05) is 6.07 Å². The van der Waals surface area contributed by atoms with Crippen molar-refractivity contribution < 1.29 is 18.7 Å². The van der Waals surface area contributed by atoms with Crippen LogP contribution in [0.3, 0.4) is 0 Å². The van der Waals surface area contributed by atoms with Gasteiger partial charge in [-0.05, 0) is 60.2 Å². The highest BCUT2D eigenvalue weighted by atomic mass is 127. The second kappa shape index (κ2) is 7.78. The van der Waals surface area contributed by atoms with Gasteiger partial charge in [0.25, 0.3) is 0 Å². The van der Waals surface area contributed by atoms with Gasteiger partial charge in [-0.1, -0.05) is 0 Å². The normalized spacial score (nSPS) is 13.7. The molecule has 1 aromatic rings. The van der Waals surface area contributed by atoms with E-state index in [1.165, 1.54) is 0 Å². The summed E-state index contributed by atoms with van der Waals surface area (Å²) in [7, 11) is 0. The first-order valence-corrected chi connectivity index (χ1v) is 7.42. The Morgan fingerprint density at radius 1 is 1.50 bits per heavy atom. The maximum absolute atomic E-state index is 12.1. The summed E-state index contributed by atoms with van der Waals surface area (Å²) in [5, 5.41) is 0. The van der Waals surface area contributed by atoms with Crippen LogP contribution in [0.15, 0.2) is 18.2 Å². The van der Waals surface area contributed by atoms with Crippen LogP contribution in [0.2, 0.25) is 0 Å². The lowest BCUT2D eigenvalue weighted by Gasteiger charge is -2.23. The van der Waals surface area contributed by atoms with Gasteiger partial charge in [0.05, 0.1) is 6.61 Å². The third-order valence-corrected chi connectivity index (χ3v) is 3.71. The van der Waals surface area contributed by atoms with Crippen LogP contribution < -0.4 is 10.5 Å². The van der Waals surface area contributed by atoms with Crippen molar-refractivity contribution in [3.63, 3.8) is 0 Å². The van der Waals surface area contributed by atoms with Crippen molar-refractivity contribution >= 4 is 28.6 Å². The highest BCUT2D eigenvalue weighted by molar-refractivity contribution is 14.1. The number of ether oxygens (including phenoxy) is 2. The van der Waals surface area contributed by atoms with Gasteiger partial charge in [-0.15, -0.1) is 0 Å². The van der Waals surface area contributed by atoms with Crippen molar-refractivity contribution in [3.05, 3.63) is 27.3 Å². The molecule has 0 aliphatic rings. The van der Waals surface area contributed by atoms with E-state index in [4.69, 9.17) is 15.2 Å². The van der Waals surface area contributed by atoms with Crippen LogP contribution in [-0.4, -0.2) is 31.4 Å². The molecule has 0 bridgehead atoms. The summed E-state index contributed by atoms with van der Waals surface area (Å²) >= 11 is 2.16. The molecule has 0 saturated heterocycles. The summed E-state index contributed by atoms with van der Waals surface area (Å²) in [6.07, 6.45) is 0.330. The summed E-state index contributed by atoms with van der Waals surface area (Å²) in [6.45, 7) is 3.14. The molecule has 2 N–H and O–H groups in total. The largest absolute Gasteiger partial charge is 0.491 e. The molecular formula is C14H19FINO3. The summed E-state index contributed by atoms with van der Waals surface area (Å²) in [5.74, 6) is 0.128. The molecule has 0 aliphatic heterocycles. The number of hydrogen-bond donors (Lipinski definition) is 1. The molecule has 0 heterocycles. The number of nitrogens with two attached hydrogens (primary N) is 1. The van der Waals surface area contributed by atoms with Crippen molar-refractivity contribution in [1.82, 2.24) is 0 Å². The molecule has 0 aliphatic carbocycles. The number of benzene rings is 1. The summed E-state index contributed by atoms with van der Waals surface area (Å²) < 4.78 is 23.3. The standard InChI is InChI=1S/C14H19FINO3/c1-3-19-13(18)14(2,17)9-10-8-11(20-7-6-15)4-5-12(10)16/h4-5,8H,3,6-7,9,17H2,1-2H3. The van der Waals surface area contributed by atoms with Crippen molar-refractivity contribution in [2.24, 2.45) is 5.73 Å². The van der Waals surface area contributed by atoms with Gasteiger partial charge in [-0.25, -0.2) is 4.39 Å². The molecule has 0 aromatic heterocycles. The van der Waals surface area contributed by atoms with Crippen LogP contribution in [0.4, 0.5) is 4.39 Å². The van der Waals surface area contributed by atoms with Crippen LogP contribution in [0.5, 0.6) is 5.75 Å². The molecule has 1 rings (SSSR count). The fourth-order valence-electron chi connectivity index (χ4n) is 1.70. The van der Waals surface area contributed by atoms with Gasteiger partial charge in [0, 0.05) is 9.99 Å². The highest BCUT2D eigenvalue weighted by Gasteiger charge is 2.31. The zero-order valence-corrected chi connectivity index (χ0v) is 13.8. The van der Waals surface area contributed by atoms with E-state index in [0.29, 0.717) is 18.8 Å². The predicted molar refractivity (Wildman–Crippen MR) is 83.6 cm³/mol. The van der Waals surface area contributed by atoms with Gasteiger partial charge >= 0.3 is 5.97 Å². The number of hydrogen-bond acceptors (Lipinski definition) is 4. The molecule has 0 saturated carbocycles. The van der Waals surface area contributed by atoms with Gasteiger partial charge in [0.2, 0.25) is 0 Å². The minimum absolute atomic E-state index is 0.0117. The second-order valence-corrected chi connectivity index (χ2v) is 5.77. The monoisotopic (exact) mass is 395 g/mol. The Morgan fingerprint density at radius 2 is 2.20 bits per heavy atom. The minimum atomic E-state index is -1.10. The smallest absolute Gasteiger partial charge is 0.326 e. The number of carbonyl (C=O) groups is 1. The molecule has 4 nitrogen and oxygen atoms in total. The maximum Gasteiger partial charge on any atom is 0.326 e. The van der Waals surface area contributed by atoms with Gasteiger partial charge in [0.1, 0.15) is 24.6 Å². The first-order valence-electron chi connectivity index (χ1n) is 6.34. The minimum Gasteiger partial charge on any atom is -0.491 e. The van der Waals surface area contributed by atoms with E-state index in [2.05, 4.69) is 22.6 Å². The third kappa shape index (κ3) is 4.90. The van der Waals surface area contributed by atoms with E-state index in [0.717, 1.165) is 9.13 Å². The highest BCUT2D eigenvalue weighted by Crippen LogP contribution is 2.23. The maximum atomic E-state index is 12.1. The predicted octanol–water partition coefficient (Wildman–Crippen LogP) is 2.46. The number of rotatable bonds is 7. The number of alkyl halides is 1.